The Morgan fingerprint density at radius 3 is 2.58 bits per heavy atom. The average molecular weight is 280 g/mol. The largest absolute Gasteiger partial charge is 0.455 e. The van der Waals surface area contributed by atoms with Crippen LogP contribution in [0.15, 0.2) is 36.4 Å². The molecule has 0 saturated carbocycles. The van der Waals surface area contributed by atoms with E-state index in [9.17, 15) is 4.39 Å². The van der Waals surface area contributed by atoms with E-state index in [-0.39, 0.29) is 11.9 Å². The Balaban J connectivity index is 2.40. The van der Waals surface area contributed by atoms with Crippen LogP contribution in [0.4, 0.5) is 4.39 Å². The van der Waals surface area contributed by atoms with E-state index < -0.39 is 0 Å². The molecule has 0 amide bonds. The maximum Gasteiger partial charge on any atom is 0.146 e. The van der Waals surface area contributed by atoms with Crippen molar-refractivity contribution in [3.05, 3.63) is 58.4 Å². The number of ether oxygens (including phenoxy) is 1. The van der Waals surface area contributed by atoms with E-state index in [2.05, 4.69) is 0 Å². The number of aryl methyl sites for hydroxylation is 1. The lowest BCUT2D eigenvalue weighted by Crippen LogP contribution is -2.07. The molecule has 1 unspecified atom stereocenters. The molecule has 0 spiro atoms. The van der Waals surface area contributed by atoms with Gasteiger partial charge in [-0.15, -0.1) is 0 Å². The van der Waals surface area contributed by atoms with Crippen molar-refractivity contribution < 1.29 is 9.13 Å². The molecule has 100 valence electrons. The quantitative estimate of drug-likeness (QED) is 0.891. The predicted octanol–water partition coefficient (Wildman–Crippen LogP) is 4.60. The van der Waals surface area contributed by atoms with Crippen LogP contribution in [0.25, 0.3) is 0 Å². The summed E-state index contributed by atoms with van der Waals surface area (Å²) in [6.07, 6.45) is 0. The highest BCUT2D eigenvalue weighted by Crippen LogP contribution is 2.34. The molecule has 0 bridgehead atoms. The van der Waals surface area contributed by atoms with Crippen LogP contribution in [0.3, 0.4) is 0 Å². The van der Waals surface area contributed by atoms with Crippen molar-refractivity contribution >= 4 is 11.6 Å². The molecule has 0 saturated heterocycles. The summed E-state index contributed by atoms with van der Waals surface area (Å²) in [5, 5.41) is 0.505. The van der Waals surface area contributed by atoms with Crippen LogP contribution in [0.5, 0.6) is 11.5 Å². The predicted molar refractivity (Wildman–Crippen MR) is 75.3 cm³/mol. The third kappa shape index (κ3) is 3.25. The lowest BCUT2D eigenvalue weighted by molar-refractivity contribution is 0.469. The van der Waals surface area contributed by atoms with Crippen LogP contribution in [0.2, 0.25) is 5.02 Å². The first-order chi connectivity index (χ1) is 8.97. The highest BCUT2D eigenvalue weighted by molar-refractivity contribution is 6.32. The van der Waals surface area contributed by atoms with E-state index in [1.54, 1.807) is 19.1 Å². The van der Waals surface area contributed by atoms with Gasteiger partial charge >= 0.3 is 0 Å². The summed E-state index contributed by atoms with van der Waals surface area (Å²) in [7, 11) is 0. The molecule has 0 fully saturated rings. The zero-order valence-electron chi connectivity index (χ0n) is 10.8. The molecule has 0 aliphatic rings. The molecule has 2 aromatic rings. The monoisotopic (exact) mass is 279 g/mol. The van der Waals surface area contributed by atoms with Gasteiger partial charge in [-0.25, -0.2) is 4.39 Å². The van der Waals surface area contributed by atoms with Crippen LogP contribution < -0.4 is 10.5 Å². The molecule has 0 radical (unpaired) electrons. The molecule has 0 aliphatic heterocycles. The van der Waals surface area contributed by atoms with Crippen molar-refractivity contribution in [1.82, 2.24) is 0 Å². The molecule has 2 rings (SSSR count). The normalized spacial score (nSPS) is 12.3. The number of hydrogen-bond donors (Lipinski definition) is 1. The molecular weight excluding hydrogens is 265 g/mol. The van der Waals surface area contributed by atoms with E-state index in [1.807, 2.05) is 19.1 Å². The minimum atomic E-state index is -0.338. The molecule has 0 aliphatic carbocycles. The van der Waals surface area contributed by atoms with Gasteiger partial charge in [0.15, 0.2) is 0 Å². The maximum absolute atomic E-state index is 13.3. The van der Waals surface area contributed by atoms with Gasteiger partial charge in [0.2, 0.25) is 0 Å². The second-order valence-corrected chi connectivity index (χ2v) is 4.91. The van der Waals surface area contributed by atoms with Crippen molar-refractivity contribution in [1.29, 1.82) is 0 Å². The van der Waals surface area contributed by atoms with Gasteiger partial charge in [-0.3, -0.25) is 0 Å². The Bertz CT molecular complexity index is 599. The fourth-order valence-electron chi connectivity index (χ4n) is 1.78. The van der Waals surface area contributed by atoms with Gasteiger partial charge in [0, 0.05) is 11.6 Å². The molecule has 2 aromatic carbocycles. The van der Waals surface area contributed by atoms with Crippen LogP contribution >= 0.6 is 11.6 Å². The first kappa shape index (κ1) is 13.8. The zero-order valence-corrected chi connectivity index (χ0v) is 11.5. The second kappa shape index (κ2) is 5.59. The van der Waals surface area contributed by atoms with Crippen LogP contribution in [0, 0.1) is 12.7 Å². The first-order valence-electron chi connectivity index (χ1n) is 5.96. The van der Waals surface area contributed by atoms with Crippen molar-refractivity contribution in [2.24, 2.45) is 5.73 Å². The molecule has 0 aromatic heterocycles. The zero-order chi connectivity index (χ0) is 14.0. The van der Waals surface area contributed by atoms with Gasteiger partial charge in [-0.2, -0.15) is 0 Å². The lowest BCUT2D eigenvalue weighted by atomic mass is 10.1. The molecule has 2 nitrogen and oxygen atoms in total. The molecule has 0 heterocycles. The minimum absolute atomic E-state index is 0.325. The van der Waals surface area contributed by atoms with Crippen molar-refractivity contribution in [2.75, 3.05) is 0 Å². The Morgan fingerprint density at radius 2 is 1.89 bits per heavy atom. The fraction of sp³-hybridized carbons (Fsp3) is 0.200. The summed E-state index contributed by atoms with van der Waals surface area (Å²) < 4.78 is 19.0. The summed E-state index contributed by atoms with van der Waals surface area (Å²) >= 11 is 6.08. The second-order valence-electron chi connectivity index (χ2n) is 4.51. The Kier molecular flexibility index (Phi) is 4.08. The highest BCUT2D eigenvalue weighted by Gasteiger charge is 2.12. The smallest absolute Gasteiger partial charge is 0.146 e. The van der Waals surface area contributed by atoms with E-state index in [0.29, 0.717) is 22.1 Å². The van der Waals surface area contributed by atoms with Gasteiger partial charge in [0.25, 0.3) is 0 Å². The highest BCUT2D eigenvalue weighted by atomic mass is 35.5. The summed E-state index contributed by atoms with van der Waals surface area (Å²) in [5.41, 5.74) is 7.47. The number of hydrogen-bond acceptors (Lipinski definition) is 2. The number of halogens is 2. The van der Waals surface area contributed by atoms with Crippen molar-refractivity contribution in [3.8, 4) is 11.5 Å². The van der Waals surface area contributed by atoms with Crippen LogP contribution in [0.1, 0.15) is 24.1 Å². The van der Waals surface area contributed by atoms with Crippen LogP contribution in [-0.4, -0.2) is 0 Å². The summed E-state index contributed by atoms with van der Waals surface area (Å²) in [4.78, 5) is 0. The summed E-state index contributed by atoms with van der Waals surface area (Å²) in [5.74, 6) is 0.717. The van der Waals surface area contributed by atoms with Gasteiger partial charge in [0.1, 0.15) is 17.3 Å². The van der Waals surface area contributed by atoms with Gasteiger partial charge in [-0.1, -0.05) is 17.7 Å². The SMILES string of the molecule is Cc1ccc(Cl)c(Oc2ccc(F)cc2C(C)N)c1. The Morgan fingerprint density at radius 1 is 1.16 bits per heavy atom. The van der Waals surface area contributed by atoms with E-state index in [0.717, 1.165) is 5.56 Å². The van der Waals surface area contributed by atoms with E-state index >= 15 is 0 Å². The number of rotatable bonds is 3. The van der Waals surface area contributed by atoms with Gasteiger partial charge < -0.3 is 10.5 Å². The average Bonchev–Trinajstić information content (AvgIpc) is 2.35. The summed E-state index contributed by atoms with van der Waals surface area (Å²) in [6.45, 7) is 3.72. The first-order valence-corrected chi connectivity index (χ1v) is 6.34. The number of benzene rings is 2. The molecule has 1 atom stereocenters. The molecule has 19 heavy (non-hydrogen) atoms. The standard InChI is InChI=1S/C15H15ClFNO/c1-9-3-5-13(16)15(7-9)19-14-6-4-11(17)8-12(14)10(2)18/h3-8,10H,18H2,1-2H3. The Labute approximate surface area is 117 Å². The third-order valence-corrected chi connectivity index (χ3v) is 3.08. The molecule has 2 N–H and O–H groups in total. The number of nitrogens with two attached hydrogens (primary N) is 1. The van der Waals surface area contributed by atoms with Crippen molar-refractivity contribution in [2.45, 2.75) is 19.9 Å². The fourth-order valence-corrected chi connectivity index (χ4v) is 1.93. The van der Waals surface area contributed by atoms with Gasteiger partial charge in [0.05, 0.1) is 5.02 Å². The third-order valence-electron chi connectivity index (χ3n) is 2.77. The Hall–Kier alpha value is -1.58. The van der Waals surface area contributed by atoms with E-state index in [1.165, 1.54) is 12.1 Å². The van der Waals surface area contributed by atoms with Crippen molar-refractivity contribution in [3.63, 3.8) is 0 Å². The maximum atomic E-state index is 13.3. The summed E-state index contributed by atoms with van der Waals surface area (Å²) in [6, 6.07) is 9.44. The minimum Gasteiger partial charge on any atom is -0.455 e. The topological polar surface area (TPSA) is 35.2 Å². The van der Waals surface area contributed by atoms with Gasteiger partial charge in [-0.05, 0) is 49.7 Å². The molecular formula is C15H15ClFNO. The van der Waals surface area contributed by atoms with E-state index in [4.69, 9.17) is 22.1 Å². The molecule has 4 heteroatoms. The van der Waals surface area contributed by atoms with Crippen LogP contribution in [-0.2, 0) is 0 Å². The lowest BCUT2D eigenvalue weighted by Gasteiger charge is -2.15.